The highest BCUT2D eigenvalue weighted by atomic mass is 16.7. The number of ether oxygens (including phenoxy) is 2. The summed E-state index contributed by atoms with van der Waals surface area (Å²) in [4.78, 5) is 27.3. The number of nitrogens with one attached hydrogen (secondary N) is 2. The molecular weight excluding hydrogens is 604 g/mol. The molecule has 1 heterocycles. The first-order chi connectivity index (χ1) is 23.4. The van der Waals surface area contributed by atoms with Crippen LogP contribution in [0, 0.1) is 0 Å². The molecule has 0 saturated carbocycles. The molecule has 0 unspecified atom stereocenters. The molecule has 9 nitrogen and oxygen atoms in total. The van der Waals surface area contributed by atoms with Gasteiger partial charge >= 0.3 is 0 Å². The number of amides is 2. The summed E-state index contributed by atoms with van der Waals surface area (Å²) >= 11 is 0. The van der Waals surface area contributed by atoms with Gasteiger partial charge in [-0.25, -0.2) is 0 Å². The van der Waals surface area contributed by atoms with E-state index in [-0.39, 0.29) is 30.6 Å². The number of nitrogens with zero attached hydrogens (tertiary/aromatic N) is 1. The monoisotopic (exact) mass is 650 g/mol. The van der Waals surface area contributed by atoms with Crippen LogP contribution in [0.4, 0.5) is 17.1 Å². The average molecular weight is 651 g/mol. The second kappa shape index (κ2) is 17.6. The third kappa shape index (κ3) is 10.5. The SMILES string of the molecule is CN(Cc1ccccc1)C[C@@H]1C[C@H](c2ccc(CO)cc2)O[C@H](c2cccc(NC(=O)CCCCCC(=O)Nc3ccccc3N)c2)O1. The van der Waals surface area contributed by atoms with Gasteiger partial charge in [0.2, 0.25) is 11.8 Å². The summed E-state index contributed by atoms with van der Waals surface area (Å²) in [6.07, 6.45) is 2.62. The Bertz CT molecular complexity index is 1610. The molecule has 1 saturated heterocycles. The standard InChI is InChI=1S/C39H46N4O5/c1-43(25-28-11-4-2-5-12-28)26-33-24-36(30-21-19-29(27-44)20-22-30)48-39(47-33)31-13-10-14-32(23-31)41-37(45)17-6-3-7-18-38(46)42-35-16-9-8-15-34(35)40/h2,4-5,8-16,19-23,33,36,39,44H,3,6-7,17-18,24-27,40H2,1H3,(H,41,45)(H,42,46)/t33-,36+,39+/m0/s1. The Kier molecular flexibility index (Phi) is 12.7. The lowest BCUT2D eigenvalue weighted by atomic mass is 9.99. The summed E-state index contributed by atoms with van der Waals surface area (Å²) in [6.45, 7) is 1.52. The first-order valence-electron chi connectivity index (χ1n) is 16.6. The smallest absolute Gasteiger partial charge is 0.224 e. The highest BCUT2D eigenvalue weighted by Gasteiger charge is 2.33. The minimum absolute atomic E-state index is 0.00913. The lowest BCUT2D eigenvalue weighted by molar-refractivity contribution is -0.252. The number of nitrogens with two attached hydrogens (primary N) is 1. The zero-order valence-corrected chi connectivity index (χ0v) is 27.5. The number of unbranched alkanes of at least 4 members (excludes halogenated alkanes) is 2. The van der Waals surface area contributed by atoms with E-state index < -0.39 is 6.29 Å². The van der Waals surface area contributed by atoms with Gasteiger partial charge in [0.05, 0.1) is 30.2 Å². The van der Waals surface area contributed by atoms with Gasteiger partial charge in [0.1, 0.15) is 0 Å². The number of nitrogen functional groups attached to an aromatic ring is 1. The molecule has 48 heavy (non-hydrogen) atoms. The first kappa shape index (κ1) is 34.8. The van der Waals surface area contributed by atoms with Gasteiger partial charge < -0.3 is 30.9 Å². The number of likely N-dealkylation sites (N-methyl/N-ethyl adjacent to an activating group) is 1. The number of hydrogen-bond acceptors (Lipinski definition) is 7. The molecule has 0 spiro atoms. The Balaban J connectivity index is 1.15. The predicted molar refractivity (Wildman–Crippen MR) is 189 cm³/mol. The van der Waals surface area contributed by atoms with E-state index in [0.717, 1.165) is 36.2 Å². The van der Waals surface area contributed by atoms with Crippen LogP contribution < -0.4 is 16.4 Å². The molecule has 9 heteroatoms. The van der Waals surface area contributed by atoms with Crippen molar-refractivity contribution in [2.45, 2.75) is 70.2 Å². The molecule has 0 bridgehead atoms. The van der Waals surface area contributed by atoms with Crippen molar-refractivity contribution < 1.29 is 24.2 Å². The highest BCUT2D eigenvalue weighted by molar-refractivity contribution is 5.93. The van der Waals surface area contributed by atoms with Gasteiger partial charge in [0.15, 0.2) is 6.29 Å². The molecule has 0 aromatic heterocycles. The lowest BCUT2D eigenvalue weighted by Gasteiger charge is -2.38. The number of aliphatic hydroxyl groups excluding tert-OH is 1. The maximum atomic E-state index is 12.8. The Morgan fingerprint density at radius 3 is 2.23 bits per heavy atom. The average Bonchev–Trinajstić information content (AvgIpc) is 3.09. The van der Waals surface area contributed by atoms with Crippen LogP contribution in [0.3, 0.4) is 0 Å². The summed E-state index contributed by atoms with van der Waals surface area (Å²) in [5.74, 6) is -0.169. The van der Waals surface area contributed by atoms with Crippen LogP contribution >= 0.6 is 0 Å². The zero-order chi connectivity index (χ0) is 33.7. The van der Waals surface area contributed by atoms with Crippen molar-refractivity contribution >= 4 is 28.9 Å². The molecule has 3 atom stereocenters. The second-order valence-corrected chi connectivity index (χ2v) is 12.4. The molecule has 1 aliphatic rings. The van der Waals surface area contributed by atoms with Gasteiger partial charge in [-0.1, -0.05) is 85.3 Å². The normalized spacial score (nSPS) is 17.6. The molecule has 1 aliphatic heterocycles. The van der Waals surface area contributed by atoms with Crippen molar-refractivity contribution in [3.05, 3.63) is 125 Å². The first-order valence-corrected chi connectivity index (χ1v) is 16.6. The third-order valence-corrected chi connectivity index (χ3v) is 8.41. The second-order valence-electron chi connectivity index (χ2n) is 12.4. The topological polar surface area (TPSA) is 126 Å². The van der Waals surface area contributed by atoms with Crippen molar-refractivity contribution in [2.75, 3.05) is 30.0 Å². The molecule has 2 amide bonds. The van der Waals surface area contributed by atoms with Crippen LogP contribution in [0.25, 0.3) is 0 Å². The van der Waals surface area contributed by atoms with Crippen molar-refractivity contribution in [2.24, 2.45) is 0 Å². The Morgan fingerprint density at radius 2 is 1.50 bits per heavy atom. The van der Waals surface area contributed by atoms with E-state index in [1.807, 2.05) is 78.9 Å². The number of rotatable bonds is 15. The predicted octanol–water partition coefficient (Wildman–Crippen LogP) is 6.97. The maximum Gasteiger partial charge on any atom is 0.224 e. The van der Waals surface area contributed by atoms with E-state index in [1.165, 1.54) is 5.56 Å². The number of benzene rings is 4. The van der Waals surface area contributed by atoms with Gasteiger partial charge in [-0.2, -0.15) is 0 Å². The number of para-hydroxylation sites is 2. The summed E-state index contributed by atoms with van der Waals surface area (Å²) < 4.78 is 13.1. The Morgan fingerprint density at radius 1 is 0.792 bits per heavy atom. The molecule has 5 N–H and O–H groups in total. The fourth-order valence-electron chi connectivity index (χ4n) is 5.90. The van der Waals surface area contributed by atoms with Crippen LogP contribution in [-0.4, -0.2) is 41.5 Å². The molecule has 4 aromatic rings. The van der Waals surface area contributed by atoms with Crippen molar-refractivity contribution in [1.82, 2.24) is 4.90 Å². The highest BCUT2D eigenvalue weighted by Crippen LogP contribution is 2.38. The summed E-state index contributed by atoms with van der Waals surface area (Å²) in [5.41, 5.74) is 11.7. The number of aliphatic hydroxyl groups is 1. The van der Waals surface area contributed by atoms with Crippen LogP contribution in [-0.2, 0) is 32.2 Å². The molecule has 4 aromatic carbocycles. The minimum Gasteiger partial charge on any atom is -0.397 e. The van der Waals surface area contributed by atoms with Gasteiger partial charge in [-0.15, -0.1) is 0 Å². The number of anilines is 3. The van der Waals surface area contributed by atoms with Gasteiger partial charge in [-0.3, -0.25) is 14.5 Å². The molecule has 5 rings (SSSR count). The van der Waals surface area contributed by atoms with Gasteiger partial charge in [-0.05, 0) is 60.8 Å². The minimum atomic E-state index is -0.620. The van der Waals surface area contributed by atoms with Crippen LogP contribution in [0.5, 0.6) is 0 Å². The van der Waals surface area contributed by atoms with Gasteiger partial charge in [0, 0.05) is 43.6 Å². The molecule has 0 radical (unpaired) electrons. The number of hydrogen-bond donors (Lipinski definition) is 4. The molecule has 252 valence electrons. The quantitative estimate of drug-likeness (QED) is 0.0809. The van der Waals surface area contributed by atoms with Crippen LogP contribution in [0.15, 0.2) is 103 Å². The largest absolute Gasteiger partial charge is 0.397 e. The van der Waals surface area contributed by atoms with E-state index >= 15 is 0 Å². The van der Waals surface area contributed by atoms with Crippen molar-refractivity contribution in [3.63, 3.8) is 0 Å². The summed E-state index contributed by atoms with van der Waals surface area (Å²) in [6, 6.07) is 33.0. The summed E-state index contributed by atoms with van der Waals surface area (Å²) in [7, 11) is 2.10. The third-order valence-electron chi connectivity index (χ3n) is 8.41. The molecule has 0 aliphatic carbocycles. The molecule has 1 fully saturated rings. The van der Waals surface area contributed by atoms with E-state index in [2.05, 4.69) is 34.7 Å². The maximum absolute atomic E-state index is 12.8. The zero-order valence-electron chi connectivity index (χ0n) is 27.5. The lowest BCUT2D eigenvalue weighted by Crippen LogP contribution is -2.37. The Labute approximate surface area is 283 Å². The van der Waals surface area contributed by atoms with Gasteiger partial charge in [0.25, 0.3) is 0 Å². The summed E-state index contributed by atoms with van der Waals surface area (Å²) in [5, 5.41) is 15.4. The Hall–Kier alpha value is -4.54. The van der Waals surface area contributed by atoms with E-state index in [1.54, 1.807) is 12.1 Å². The van der Waals surface area contributed by atoms with Crippen molar-refractivity contribution in [1.29, 1.82) is 0 Å². The van der Waals surface area contributed by atoms with E-state index in [9.17, 15) is 14.7 Å². The van der Waals surface area contributed by atoms with E-state index in [0.29, 0.717) is 49.2 Å². The number of carbonyl (C=O) groups is 2. The van der Waals surface area contributed by atoms with Crippen LogP contribution in [0.1, 0.15) is 73.2 Å². The number of carbonyl (C=O) groups excluding carboxylic acids is 2. The fraction of sp³-hybridized carbons (Fsp3) is 0.333. The van der Waals surface area contributed by atoms with Crippen molar-refractivity contribution in [3.8, 4) is 0 Å². The fourth-order valence-corrected chi connectivity index (χ4v) is 5.90. The molecular formula is C39H46N4O5. The van der Waals surface area contributed by atoms with E-state index in [4.69, 9.17) is 15.2 Å². The van der Waals surface area contributed by atoms with Crippen LogP contribution in [0.2, 0.25) is 0 Å².